The fourth-order valence-electron chi connectivity index (χ4n) is 2.75. The molecule has 1 unspecified atom stereocenters. The standard InChI is InChI=1S/C15H25FN2/c1-5-18(12(2)3)15(4,11-17)10-13-7-6-8-14(16)9-13/h6-9,12H,5,10-11,17H2,1-4H3. The van der Waals surface area contributed by atoms with Crippen LogP contribution in [-0.4, -0.2) is 29.6 Å². The molecule has 0 heterocycles. The summed E-state index contributed by atoms with van der Waals surface area (Å²) in [6.07, 6.45) is 0.771. The van der Waals surface area contributed by atoms with Crippen LogP contribution in [0, 0.1) is 5.82 Å². The zero-order valence-corrected chi connectivity index (χ0v) is 11.9. The maximum Gasteiger partial charge on any atom is 0.123 e. The van der Waals surface area contributed by atoms with Gasteiger partial charge in [-0.3, -0.25) is 4.90 Å². The van der Waals surface area contributed by atoms with Gasteiger partial charge in [0.25, 0.3) is 0 Å². The predicted molar refractivity (Wildman–Crippen MR) is 75.1 cm³/mol. The van der Waals surface area contributed by atoms with Crippen molar-refractivity contribution in [3.05, 3.63) is 35.6 Å². The van der Waals surface area contributed by atoms with Crippen LogP contribution in [0.1, 0.15) is 33.3 Å². The largest absolute Gasteiger partial charge is 0.329 e. The van der Waals surface area contributed by atoms with Gasteiger partial charge in [-0.05, 0) is 51.4 Å². The number of likely N-dealkylation sites (N-methyl/N-ethyl adjacent to an activating group) is 1. The number of nitrogens with zero attached hydrogens (tertiary/aromatic N) is 1. The van der Waals surface area contributed by atoms with Crippen LogP contribution in [-0.2, 0) is 6.42 Å². The molecule has 0 aliphatic heterocycles. The second kappa shape index (κ2) is 6.30. The highest BCUT2D eigenvalue weighted by molar-refractivity contribution is 5.19. The summed E-state index contributed by atoms with van der Waals surface area (Å²) in [7, 11) is 0. The molecular formula is C15H25FN2. The lowest BCUT2D eigenvalue weighted by molar-refractivity contribution is 0.0823. The quantitative estimate of drug-likeness (QED) is 0.843. The number of nitrogens with two attached hydrogens (primary N) is 1. The van der Waals surface area contributed by atoms with Crippen molar-refractivity contribution < 1.29 is 4.39 Å². The van der Waals surface area contributed by atoms with Crippen molar-refractivity contribution in [3.8, 4) is 0 Å². The van der Waals surface area contributed by atoms with Crippen molar-refractivity contribution >= 4 is 0 Å². The third-order valence-electron chi connectivity index (χ3n) is 3.57. The van der Waals surface area contributed by atoms with E-state index in [1.165, 1.54) is 6.07 Å². The van der Waals surface area contributed by atoms with E-state index in [-0.39, 0.29) is 11.4 Å². The van der Waals surface area contributed by atoms with Crippen molar-refractivity contribution in [2.45, 2.75) is 45.7 Å². The first-order chi connectivity index (χ1) is 8.42. The molecule has 1 aromatic carbocycles. The Labute approximate surface area is 110 Å². The summed E-state index contributed by atoms with van der Waals surface area (Å²) < 4.78 is 13.2. The Bertz CT molecular complexity index is 379. The summed E-state index contributed by atoms with van der Waals surface area (Å²) in [5.74, 6) is -0.181. The molecule has 0 amide bonds. The van der Waals surface area contributed by atoms with Crippen LogP contribution in [0.2, 0.25) is 0 Å². The highest BCUT2D eigenvalue weighted by Crippen LogP contribution is 2.22. The molecule has 0 fully saturated rings. The van der Waals surface area contributed by atoms with Gasteiger partial charge in [0.1, 0.15) is 5.82 Å². The van der Waals surface area contributed by atoms with E-state index in [0.717, 1.165) is 18.5 Å². The van der Waals surface area contributed by atoms with E-state index in [4.69, 9.17) is 5.73 Å². The van der Waals surface area contributed by atoms with Crippen molar-refractivity contribution in [2.75, 3.05) is 13.1 Å². The summed E-state index contributed by atoms with van der Waals surface area (Å²) >= 11 is 0. The summed E-state index contributed by atoms with van der Waals surface area (Å²) in [6, 6.07) is 7.22. The normalized spacial score (nSPS) is 15.1. The van der Waals surface area contributed by atoms with Crippen LogP contribution in [0.3, 0.4) is 0 Å². The summed E-state index contributed by atoms with van der Waals surface area (Å²) in [5, 5.41) is 0. The zero-order chi connectivity index (χ0) is 13.8. The smallest absolute Gasteiger partial charge is 0.123 e. The first-order valence-electron chi connectivity index (χ1n) is 6.64. The number of benzene rings is 1. The number of rotatable bonds is 6. The minimum Gasteiger partial charge on any atom is -0.329 e. The molecule has 0 spiro atoms. The Morgan fingerprint density at radius 2 is 2.06 bits per heavy atom. The Morgan fingerprint density at radius 3 is 2.50 bits per heavy atom. The molecule has 0 aliphatic carbocycles. The second-order valence-corrected chi connectivity index (χ2v) is 5.39. The van der Waals surface area contributed by atoms with E-state index in [9.17, 15) is 4.39 Å². The first-order valence-corrected chi connectivity index (χ1v) is 6.64. The predicted octanol–water partition coefficient (Wildman–Crippen LogP) is 2.82. The van der Waals surface area contributed by atoms with Crippen LogP contribution in [0.4, 0.5) is 4.39 Å². The topological polar surface area (TPSA) is 29.3 Å². The minimum absolute atomic E-state index is 0.128. The molecule has 102 valence electrons. The first kappa shape index (κ1) is 15.1. The monoisotopic (exact) mass is 252 g/mol. The highest BCUT2D eigenvalue weighted by Gasteiger charge is 2.31. The van der Waals surface area contributed by atoms with Crippen LogP contribution in [0.25, 0.3) is 0 Å². The number of hydrogen-bond donors (Lipinski definition) is 1. The average Bonchev–Trinajstić information content (AvgIpc) is 2.29. The maximum absolute atomic E-state index is 13.2. The molecule has 0 radical (unpaired) electrons. The number of halogens is 1. The van der Waals surface area contributed by atoms with Crippen LogP contribution >= 0.6 is 0 Å². The molecule has 0 bridgehead atoms. The molecule has 2 nitrogen and oxygen atoms in total. The fourth-order valence-corrected chi connectivity index (χ4v) is 2.75. The Balaban J connectivity index is 2.94. The van der Waals surface area contributed by atoms with Crippen molar-refractivity contribution in [1.82, 2.24) is 4.90 Å². The van der Waals surface area contributed by atoms with E-state index in [1.807, 2.05) is 6.07 Å². The molecule has 3 heteroatoms. The van der Waals surface area contributed by atoms with Gasteiger partial charge < -0.3 is 5.73 Å². The lowest BCUT2D eigenvalue weighted by atomic mass is 9.89. The Hall–Kier alpha value is -0.930. The molecule has 2 N–H and O–H groups in total. The van der Waals surface area contributed by atoms with Gasteiger partial charge in [-0.25, -0.2) is 4.39 Å². The zero-order valence-electron chi connectivity index (χ0n) is 11.9. The lowest BCUT2D eigenvalue weighted by Crippen LogP contribution is -2.55. The second-order valence-electron chi connectivity index (χ2n) is 5.39. The lowest BCUT2D eigenvalue weighted by Gasteiger charge is -2.43. The van der Waals surface area contributed by atoms with Gasteiger partial charge in [-0.15, -0.1) is 0 Å². The van der Waals surface area contributed by atoms with Crippen molar-refractivity contribution in [3.63, 3.8) is 0 Å². The molecular weight excluding hydrogens is 227 g/mol. The molecule has 18 heavy (non-hydrogen) atoms. The van der Waals surface area contributed by atoms with Crippen LogP contribution in [0.5, 0.6) is 0 Å². The summed E-state index contributed by atoms with van der Waals surface area (Å²) in [4.78, 5) is 2.37. The van der Waals surface area contributed by atoms with E-state index < -0.39 is 0 Å². The SMILES string of the molecule is CCN(C(C)C)C(C)(CN)Cc1cccc(F)c1. The van der Waals surface area contributed by atoms with Gasteiger partial charge in [0.15, 0.2) is 0 Å². The van der Waals surface area contributed by atoms with E-state index in [1.54, 1.807) is 12.1 Å². The van der Waals surface area contributed by atoms with E-state index in [2.05, 4.69) is 32.6 Å². The Kier molecular flexibility index (Phi) is 5.29. The molecule has 0 aromatic heterocycles. The highest BCUT2D eigenvalue weighted by atomic mass is 19.1. The van der Waals surface area contributed by atoms with Gasteiger partial charge in [-0.1, -0.05) is 19.1 Å². The maximum atomic E-state index is 13.2. The van der Waals surface area contributed by atoms with Crippen LogP contribution in [0.15, 0.2) is 24.3 Å². The third kappa shape index (κ3) is 3.53. The van der Waals surface area contributed by atoms with Crippen molar-refractivity contribution in [1.29, 1.82) is 0 Å². The molecule has 0 aliphatic rings. The van der Waals surface area contributed by atoms with Crippen LogP contribution < -0.4 is 5.73 Å². The van der Waals surface area contributed by atoms with Gasteiger partial charge in [0, 0.05) is 18.1 Å². The Morgan fingerprint density at radius 1 is 1.39 bits per heavy atom. The van der Waals surface area contributed by atoms with Crippen molar-refractivity contribution in [2.24, 2.45) is 5.73 Å². The van der Waals surface area contributed by atoms with E-state index in [0.29, 0.717) is 12.6 Å². The fraction of sp³-hybridized carbons (Fsp3) is 0.600. The molecule has 0 saturated heterocycles. The average molecular weight is 252 g/mol. The van der Waals surface area contributed by atoms with Gasteiger partial charge in [-0.2, -0.15) is 0 Å². The van der Waals surface area contributed by atoms with Gasteiger partial charge in [0.2, 0.25) is 0 Å². The van der Waals surface area contributed by atoms with Gasteiger partial charge in [0.05, 0.1) is 0 Å². The summed E-state index contributed by atoms with van der Waals surface area (Å²) in [5.41, 5.74) is 6.85. The van der Waals surface area contributed by atoms with E-state index >= 15 is 0 Å². The number of hydrogen-bond acceptors (Lipinski definition) is 2. The van der Waals surface area contributed by atoms with Gasteiger partial charge >= 0.3 is 0 Å². The third-order valence-corrected chi connectivity index (χ3v) is 3.57. The molecule has 1 atom stereocenters. The molecule has 1 aromatic rings. The minimum atomic E-state index is -0.181. The molecule has 0 saturated carbocycles. The molecule has 1 rings (SSSR count). The summed E-state index contributed by atoms with van der Waals surface area (Å²) in [6.45, 7) is 10.1.